The van der Waals surface area contributed by atoms with Crippen molar-refractivity contribution in [1.82, 2.24) is 14.9 Å². The molecular formula is C29H34N4O6. The number of aliphatic carboxylic acids is 1. The molecule has 0 radical (unpaired) electrons. The number of aryl methyl sites for hydroxylation is 2. The van der Waals surface area contributed by atoms with E-state index in [0.29, 0.717) is 49.1 Å². The SMILES string of the molecule is CCCCN(C(=O)CN1CC(c2ccc3c(c2)OCO3)C(C(=O)O)C1CCc1ncc(C)o1)c1cccnc1. The lowest BCUT2D eigenvalue weighted by molar-refractivity contribution is -0.143. The second kappa shape index (κ2) is 11.9. The highest BCUT2D eigenvalue weighted by molar-refractivity contribution is 5.94. The molecule has 4 heterocycles. The third kappa shape index (κ3) is 5.90. The minimum atomic E-state index is -0.892. The van der Waals surface area contributed by atoms with Crippen molar-refractivity contribution in [1.29, 1.82) is 0 Å². The second-order valence-corrected chi connectivity index (χ2v) is 10.1. The third-order valence-electron chi connectivity index (χ3n) is 7.51. The lowest BCUT2D eigenvalue weighted by atomic mass is 9.83. The van der Waals surface area contributed by atoms with Gasteiger partial charge >= 0.3 is 5.97 Å². The van der Waals surface area contributed by atoms with E-state index < -0.39 is 17.9 Å². The number of benzene rings is 1. The number of anilines is 1. The number of rotatable bonds is 11. The van der Waals surface area contributed by atoms with Gasteiger partial charge in [0.25, 0.3) is 0 Å². The van der Waals surface area contributed by atoms with E-state index in [4.69, 9.17) is 13.9 Å². The van der Waals surface area contributed by atoms with Crippen molar-refractivity contribution < 1.29 is 28.6 Å². The van der Waals surface area contributed by atoms with Crippen LogP contribution in [-0.2, 0) is 16.0 Å². The van der Waals surface area contributed by atoms with Gasteiger partial charge < -0.3 is 23.9 Å². The number of pyridine rings is 1. The Bertz CT molecular complexity index is 1300. The van der Waals surface area contributed by atoms with Crippen LogP contribution in [0.4, 0.5) is 5.69 Å². The van der Waals surface area contributed by atoms with Crippen LogP contribution < -0.4 is 14.4 Å². The number of likely N-dealkylation sites (tertiary alicyclic amines) is 1. The molecule has 3 aromatic rings. The van der Waals surface area contributed by atoms with Crippen LogP contribution in [0.1, 0.15) is 49.3 Å². The molecule has 1 saturated heterocycles. The van der Waals surface area contributed by atoms with E-state index in [1.54, 1.807) is 23.5 Å². The van der Waals surface area contributed by atoms with Crippen LogP contribution in [0.25, 0.3) is 0 Å². The van der Waals surface area contributed by atoms with Crippen LogP contribution >= 0.6 is 0 Å². The molecular weight excluding hydrogens is 500 g/mol. The number of carbonyl (C=O) groups is 2. The van der Waals surface area contributed by atoms with Crippen LogP contribution in [0, 0.1) is 12.8 Å². The first-order valence-electron chi connectivity index (χ1n) is 13.4. The quantitative estimate of drug-likeness (QED) is 0.389. The summed E-state index contributed by atoms with van der Waals surface area (Å²) in [5.41, 5.74) is 1.60. The zero-order valence-corrected chi connectivity index (χ0v) is 22.3. The van der Waals surface area contributed by atoms with Crippen molar-refractivity contribution in [3.63, 3.8) is 0 Å². The summed E-state index contributed by atoms with van der Waals surface area (Å²) in [5, 5.41) is 10.4. The van der Waals surface area contributed by atoms with Crippen LogP contribution in [0.3, 0.4) is 0 Å². The Labute approximate surface area is 227 Å². The number of nitrogens with zero attached hydrogens (tertiary/aromatic N) is 4. The van der Waals surface area contributed by atoms with Gasteiger partial charge in [-0.05, 0) is 49.6 Å². The molecule has 3 atom stereocenters. The molecule has 2 aliphatic rings. The molecule has 5 rings (SSSR count). The molecule has 10 nitrogen and oxygen atoms in total. The second-order valence-electron chi connectivity index (χ2n) is 10.1. The Morgan fingerprint density at radius 1 is 1.18 bits per heavy atom. The lowest BCUT2D eigenvalue weighted by Gasteiger charge is -2.29. The summed E-state index contributed by atoms with van der Waals surface area (Å²) in [6.07, 6.45) is 7.80. The van der Waals surface area contributed by atoms with Gasteiger partial charge in [0.2, 0.25) is 12.7 Å². The van der Waals surface area contributed by atoms with Gasteiger partial charge in [-0.1, -0.05) is 19.4 Å². The number of fused-ring (bicyclic) bond motifs is 1. The van der Waals surface area contributed by atoms with E-state index in [1.807, 2.05) is 42.2 Å². The van der Waals surface area contributed by atoms with Gasteiger partial charge in [0, 0.05) is 37.7 Å². The fourth-order valence-corrected chi connectivity index (χ4v) is 5.61. The molecule has 206 valence electrons. The predicted octanol–water partition coefficient (Wildman–Crippen LogP) is 4.04. The lowest BCUT2D eigenvalue weighted by Crippen LogP contribution is -2.44. The first kappa shape index (κ1) is 26.7. The number of aromatic nitrogens is 2. The van der Waals surface area contributed by atoms with Gasteiger partial charge in [-0.3, -0.25) is 19.5 Å². The number of carboxylic acid groups (broad SMARTS) is 1. The standard InChI is InChI=1S/C29H34N4O6/c1-3-4-12-33(21-6-5-11-30-15-21)27(34)17-32-16-22(20-7-9-24-25(13-20)38-18-37-24)28(29(35)36)23(32)8-10-26-31-14-19(2)39-26/h5-7,9,11,13-15,22-23,28H,3-4,8,10,12,16-18H2,1-2H3,(H,35,36). The van der Waals surface area contributed by atoms with Crippen LogP contribution in [0.2, 0.25) is 0 Å². The minimum absolute atomic E-state index is 0.0797. The Hall–Kier alpha value is -3.92. The fourth-order valence-electron chi connectivity index (χ4n) is 5.61. The molecule has 1 fully saturated rings. The fraction of sp³-hybridized carbons (Fsp3) is 0.448. The van der Waals surface area contributed by atoms with Gasteiger partial charge in [0.05, 0.1) is 30.5 Å². The average Bonchev–Trinajstić information content (AvgIpc) is 3.66. The number of unbranched alkanes of at least 4 members (excludes halogenated alkanes) is 1. The van der Waals surface area contributed by atoms with Crippen molar-refractivity contribution in [3.05, 3.63) is 66.1 Å². The first-order valence-corrected chi connectivity index (χ1v) is 13.4. The van der Waals surface area contributed by atoms with Gasteiger partial charge in [-0.15, -0.1) is 0 Å². The van der Waals surface area contributed by atoms with Crippen molar-refractivity contribution in [2.75, 3.05) is 31.3 Å². The van der Waals surface area contributed by atoms with Crippen LogP contribution in [0.15, 0.2) is 53.3 Å². The van der Waals surface area contributed by atoms with E-state index in [-0.39, 0.29) is 25.2 Å². The predicted molar refractivity (Wildman–Crippen MR) is 143 cm³/mol. The number of carboxylic acids is 1. The van der Waals surface area contributed by atoms with E-state index >= 15 is 0 Å². The molecule has 39 heavy (non-hydrogen) atoms. The highest BCUT2D eigenvalue weighted by Crippen LogP contribution is 2.43. The Morgan fingerprint density at radius 3 is 2.74 bits per heavy atom. The van der Waals surface area contributed by atoms with Crippen molar-refractivity contribution >= 4 is 17.6 Å². The summed E-state index contributed by atoms with van der Waals surface area (Å²) in [6.45, 7) is 5.15. The average molecular weight is 535 g/mol. The van der Waals surface area contributed by atoms with Gasteiger partial charge in [0.1, 0.15) is 5.76 Å². The number of oxazole rings is 1. The number of hydrogen-bond donors (Lipinski definition) is 1. The molecule has 0 aliphatic carbocycles. The summed E-state index contributed by atoms with van der Waals surface area (Å²) >= 11 is 0. The third-order valence-corrected chi connectivity index (χ3v) is 7.51. The monoisotopic (exact) mass is 534 g/mol. The molecule has 0 saturated carbocycles. The van der Waals surface area contributed by atoms with Crippen molar-refractivity contribution in [2.24, 2.45) is 5.92 Å². The van der Waals surface area contributed by atoms with Crippen molar-refractivity contribution in [3.8, 4) is 11.5 Å². The van der Waals surface area contributed by atoms with Crippen LogP contribution in [0.5, 0.6) is 11.5 Å². The molecule has 0 spiro atoms. The zero-order chi connectivity index (χ0) is 27.4. The first-order chi connectivity index (χ1) is 18.9. The summed E-state index contributed by atoms with van der Waals surface area (Å²) in [4.78, 5) is 38.8. The Morgan fingerprint density at radius 2 is 2.03 bits per heavy atom. The zero-order valence-electron chi connectivity index (χ0n) is 22.3. The van der Waals surface area contributed by atoms with Crippen LogP contribution in [-0.4, -0.2) is 64.3 Å². The number of ether oxygens (including phenoxy) is 2. The maximum absolute atomic E-state index is 13.7. The Balaban J connectivity index is 1.43. The van der Waals surface area contributed by atoms with E-state index in [1.165, 1.54) is 0 Å². The molecule has 0 bridgehead atoms. The molecule has 3 unspecified atom stereocenters. The summed E-state index contributed by atoms with van der Waals surface area (Å²) in [5.74, 6) is 0.504. The minimum Gasteiger partial charge on any atom is -0.481 e. The molecule has 10 heteroatoms. The highest BCUT2D eigenvalue weighted by Gasteiger charge is 2.47. The van der Waals surface area contributed by atoms with Crippen molar-refractivity contribution in [2.45, 2.75) is 51.5 Å². The maximum atomic E-state index is 13.7. The topological polar surface area (TPSA) is 118 Å². The maximum Gasteiger partial charge on any atom is 0.308 e. The molecule has 1 N–H and O–H groups in total. The molecule has 1 amide bonds. The summed E-state index contributed by atoms with van der Waals surface area (Å²) in [6, 6.07) is 8.89. The molecule has 2 aliphatic heterocycles. The van der Waals surface area contributed by atoms with E-state index in [0.717, 1.165) is 24.1 Å². The summed E-state index contributed by atoms with van der Waals surface area (Å²) in [7, 11) is 0. The number of hydrogen-bond acceptors (Lipinski definition) is 8. The van der Waals surface area contributed by atoms with E-state index in [2.05, 4.69) is 16.9 Å². The number of amides is 1. The summed E-state index contributed by atoms with van der Waals surface area (Å²) < 4.78 is 16.7. The highest BCUT2D eigenvalue weighted by atomic mass is 16.7. The van der Waals surface area contributed by atoms with Gasteiger partial charge in [-0.2, -0.15) is 0 Å². The van der Waals surface area contributed by atoms with Gasteiger partial charge in [0.15, 0.2) is 17.4 Å². The Kier molecular flexibility index (Phi) is 8.11. The molecule has 2 aromatic heterocycles. The smallest absolute Gasteiger partial charge is 0.308 e. The van der Waals surface area contributed by atoms with E-state index in [9.17, 15) is 14.7 Å². The number of carbonyl (C=O) groups excluding carboxylic acids is 1. The largest absolute Gasteiger partial charge is 0.481 e. The molecule has 1 aromatic carbocycles. The normalized spacial score (nSPS) is 20.3. The van der Waals surface area contributed by atoms with Gasteiger partial charge in [-0.25, -0.2) is 4.98 Å².